The van der Waals surface area contributed by atoms with Crippen LogP contribution in [0.15, 0.2) is 12.2 Å². The molecule has 0 aliphatic carbocycles. The Morgan fingerprint density at radius 1 is 1.29 bits per heavy atom. The van der Waals surface area contributed by atoms with Gasteiger partial charge in [-0.1, -0.05) is 31.9 Å². The normalized spacial score (nSPS) is 10.0. The van der Waals surface area contributed by atoms with E-state index in [1.165, 1.54) is 4.90 Å². The molecule has 0 heterocycles. The summed E-state index contributed by atoms with van der Waals surface area (Å²) < 4.78 is 0. The minimum atomic E-state index is -1.13. The van der Waals surface area contributed by atoms with Crippen molar-refractivity contribution < 1.29 is 44.3 Å². The van der Waals surface area contributed by atoms with Gasteiger partial charge in [-0.3, -0.25) is 4.79 Å². The number of aliphatic carboxylic acids is 1. The fourth-order valence-electron chi connectivity index (χ4n) is 1.16. The van der Waals surface area contributed by atoms with Crippen LogP contribution in [0, 0.1) is 0 Å². The Kier molecular flexibility index (Phi) is 13.6. The van der Waals surface area contributed by atoms with E-state index in [4.69, 9.17) is 0 Å². The number of unbranched alkanes of at least 4 members (excludes halogenated alkanes) is 2. The van der Waals surface area contributed by atoms with Crippen molar-refractivity contribution in [3.8, 4) is 0 Å². The van der Waals surface area contributed by atoms with Gasteiger partial charge >= 0.3 is 29.6 Å². The first kappa shape index (κ1) is 19.0. The third-order valence-corrected chi connectivity index (χ3v) is 2.26. The van der Waals surface area contributed by atoms with E-state index in [0.29, 0.717) is 6.42 Å². The quantitative estimate of drug-likeness (QED) is 0.277. The van der Waals surface area contributed by atoms with Crippen LogP contribution >= 0.6 is 0 Å². The Morgan fingerprint density at radius 2 is 1.94 bits per heavy atom. The molecule has 0 aromatic carbocycles. The predicted molar refractivity (Wildman–Crippen MR) is 60.5 cm³/mol. The van der Waals surface area contributed by atoms with Gasteiger partial charge in [0.05, 0.1) is 0 Å². The molecule has 0 N–H and O–H groups in total. The minimum Gasteiger partial charge on any atom is -0.550 e. The summed E-state index contributed by atoms with van der Waals surface area (Å²) in [6, 6.07) is 0. The third kappa shape index (κ3) is 11.9. The summed E-state index contributed by atoms with van der Waals surface area (Å²) in [5.41, 5.74) is 0. The Bertz CT molecular complexity index is 254. The number of carbonyl (C=O) groups is 2. The van der Waals surface area contributed by atoms with Gasteiger partial charge in [-0.25, -0.2) is 0 Å². The average molecular weight is 249 g/mol. The molecular weight excluding hydrogens is 229 g/mol. The molecule has 1 amide bonds. The first-order valence-corrected chi connectivity index (χ1v) is 5.66. The van der Waals surface area contributed by atoms with Gasteiger partial charge in [-0.05, 0) is 6.42 Å². The van der Waals surface area contributed by atoms with Gasteiger partial charge < -0.3 is 14.8 Å². The van der Waals surface area contributed by atoms with E-state index >= 15 is 0 Å². The number of amides is 1. The topological polar surface area (TPSA) is 60.4 Å². The molecule has 0 saturated heterocycles. The molecule has 0 radical (unpaired) electrons. The summed E-state index contributed by atoms with van der Waals surface area (Å²) in [4.78, 5) is 23.1. The Morgan fingerprint density at radius 3 is 2.47 bits per heavy atom. The van der Waals surface area contributed by atoms with E-state index in [1.807, 2.05) is 12.2 Å². The zero-order valence-corrected chi connectivity index (χ0v) is 13.1. The molecule has 0 fully saturated rings. The van der Waals surface area contributed by atoms with Crippen LogP contribution < -0.4 is 34.7 Å². The maximum absolute atomic E-state index is 11.4. The Balaban J connectivity index is 0. The first-order valence-electron chi connectivity index (χ1n) is 5.66. The van der Waals surface area contributed by atoms with E-state index < -0.39 is 5.97 Å². The van der Waals surface area contributed by atoms with Crippen LogP contribution in [0.2, 0.25) is 0 Å². The number of hydrogen-bond donors (Lipinski definition) is 0. The van der Waals surface area contributed by atoms with Crippen molar-refractivity contribution in [1.82, 2.24) is 4.90 Å². The smallest absolute Gasteiger partial charge is 0.550 e. The van der Waals surface area contributed by atoms with E-state index in [-0.39, 0.29) is 48.4 Å². The summed E-state index contributed by atoms with van der Waals surface area (Å²) in [6.45, 7) is 2.33. The van der Waals surface area contributed by atoms with Crippen molar-refractivity contribution in [1.29, 1.82) is 0 Å². The molecule has 0 aromatic heterocycles. The van der Waals surface area contributed by atoms with Gasteiger partial charge in [0.1, 0.15) is 0 Å². The molecule has 5 heteroatoms. The van der Waals surface area contributed by atoms with E-state index in [9.17, 15) is 14.7 Å². The second-order valence-electron chi connectivity index (χ2n) is 3.76. The number of carboxylic acids is 1. The van der Waals surface area contributed by atoms with Gasteiger partial charge in [-0.15, -0.1) is 0 Å². The molecule has 4 nitrogen and oxygen atoms in total. The summed E-state index contributed by atoms with van der Waals surface area (Å²) in [5, 5.41) is 10.2. The molecule has 17 heavy (non-hydrogen) atoms. The van der Waals surface area contributed by atoms with E-state index in [0.717, 1.165) is 19.3 Å². The second kappa shape index (κ2) is 12.1. The fourth-order valence-corrected chi connectivity index (χ4v) is 1.16. The summed E-state index contributed by atoms with van der Waals surface area (Å²) in [7, 11) is 1.60. The molecule has 0 aliphatic heterocycles. The molecule has 0 spiro atoms. The third-order valence-electron chi connectivity index (χ3n) is 2.26. The Hall–Kier alpha value is -0.320. The summed E-state index contributed by atoms with van der Waals surface area (Å²) in [6.07, 6.45) is 7.33. The van der Waals surface area contributed by atoms with Crippen LogP contribution in [0.25, 0.3) is 0 Å². The van der Waals surface area contributed by atoms with E-state index in [2.05, 4.69) is 6.92 Å². The molecule has 0 bridgehead atoms. The van der Waals surface area contributed by atoms with Gasteiger partial charge in [0.2, 0.25) is 5.91 Å². The zero-order chi connectivity index (χ0) is 12.4. The zero-order valence-electron chi connectivity index (χ0n) is 11.1. The SMILES string of the molecule is CCCC/C=C/CC(=O)N(C)CCC(=O)[O-].[Na+]. The van der Waals surface area contributed by atoms with Gasteiger partial charge in [0, 0.05) is 32.4 Å². The van der Waals surface area contributed by atoms with Crippen LogP contribution in [0.4, 0.5) is 0 Å². The number of carboxylic acid groups (broad SMARTS) is 1. The standard InChI is InChI=1S/C12H21NO3.Na/c1-3-4-5-6-7-8-11(14)13(2)10-9-12(15)16;/h6-7H,3-5,8-10H2,1-2H3,(H,15,16);/q;+1/p-1/b7-6+;. The molecule has 92 valence electrons. The Labute approximate surface area is 125 Å². The molecule has 0 saturated carbocycles. The average Bonchev–Trinajstić information content (AvgIpc) is 2.25. The number of carbonyl (C=O) groups excluding carboxylic acids is 2. The van der Waals surface area contributed by atoms with Crippen molar-refractivity contribution in [2.45, 2.75) is 39.0 Å². The number of nitrogens with zero attached hydrogens (tertiary/aromatic N) is 1. The van der Waals surface area contributed by atoms with Crippen LogP contribution in [0.1, 0.15) is 39.0 Å². The monoisotopic (exact) mass is 249 g/mol. The van der Waals surface area contributed by atoms with Crippen LogP contribution in [0.3, 0.4) is 0 Å². The summed E-state index contributed by atoms with van der Waals surface area (Å²) >= 11 is 0. The number of hydrogen-bond acceptors (Lipinski definition) is 3. The molecule has 0 aromatic rings. The molecule has 0 atom stereocenters. The largest absolute Gasteiger partial charge is 1.00 e. The molecule has 0 aliphatic rings. The second-order valence-corrected chi connectivity index (χ2v) is 3.76. The van der Waals surface area contributed by atoms with Gasteiger partial charge in [0.15, 0.2) is 0 Å². The molecular formula is C12H20NNaO3. The van der Waals surface area contributed by atoms with Crippen LogP contribution in [-0.4, -0.2) is 30.4 Å². The van der Waals surface area contributed by atoms with Gasteiger partial charge in [-0.2, -0.15) is 0 Å². The van der Waals surface area contributed by atoms with Gasteiger partial charge in [0.25, 0.3) is 0 Å². The number of rotatable bonds is 8. The molecule has 0 unspecified atom stereocenters. The van der Waals surface area contributed by atoms with Crippen LogP contribution in [0.5, 0.6) is 0 Å². The maximum Gasteiger partial charge on any atom is 1.00 e. The fraction of sp³-hybridized carbons (Fsp3) is 0.667. The number of allylic oxidation sites excluding steroid dienone is 1. The van der Waals surface area contributed by atoms with Crippen molar-refractivity contribution in [2.75, 3.05) is 13.6 Å². The minimum absolute atomic E-state index is 0. The predicted octanol–water partition coefficient (Wildman–Crippen LogP) is -2.27. The maximum atomic E-state index is 11.4. The first-order chi connectivity index (χ1) is 7.57. The van der Waals surface area contributed by atoms with E-state index in [1.54, 1.807) is 7.05 Å². The molecule has 0 rings (SSSR count). The van der Waals surface area contributed by atoms with Crippen molar-refractivity contribution in [3.05, 3.63) is 12.2 Å². The van der Waals surface area contributed by atoms with Crippen LogP contribution in [-0.2, 0) is 9.59 Å². The van der Waals surface area contributed by atoms with Crippen molar-refractivity contribution in [2.24, 2.45) is 0 Å². The van der Waals surface area contributed by atoms with Crippen molar-refractivity contribution >= 4 is 11.9 Å². The summed E-state index contributed by atoms with van der Waals surface area (Å²) in [5.74, 6) is -1.19. The van der Waals surface area contributed by atoms with Crippen molar-refractivity contribution in [3.63, 3.8) is 0 Å².